The maximum Gasteiger partial charge on any atom is 0.227 e. The molecule has 6 heteroatoms. The minimum absolute atomic E-state index is 0.0139. The van der Waals surface area contributed by atoms with Crippen molar-refractivity contribution in [1.82, 2.24) is 15.5 Å². The molecule has 3 aromatic rings. The number of rotatable bonds is 5. The van der Waals surface area contributed by atoms with Gasteiger partial charge in [0.15, 0.2) is 0 Å². The lowest BCUT2D eigenvalue weighted by molar-refractivity contribution is -0.122. The van der Waals surface area contributed by atoms with Crippen LogP contribution in [-0.4, -0.2) is 28.7 Å². The number of benzene rings is 2. The molecule has 1 amide bonds. The normalized spacial score (nSPS) is 15.8. The summed E-state index contributed by atoms with van der Waals surface area (Å²) < 4.78 is 10.9. The molecule has 2 aromatic carbocycles. The highest BCUT2D eigenvalue weighted by Gasteiger charge is 2.21. The molecule has 1 aliphatic heterocycles. The molecule has 1 aromatic heterocycles. The molecule has 0 aliphatic carbocycles. The third-order valence-electron chi connectivity index (χ3n) is 4.31. The molecule has 132 valence electrons. The Morgan fingerprint density at radius 3 is 2.81 bits per heavy atom. The fourth-order valence-electron chi connectivity index (χ4n) is 3.00. The molecule has 26 heavy (non-hydrogen) atoms. The van der Waals surface area contributed by atoms with E-state index in [2.05, 4.69) is 15.5 Å². The van der Waals surface area contributed by atoms with Crippen LogP contribution in [0.1, 0.15) is 17.9 Å². The van der Waals surface area contributed by atoms with Gasteiger partial charge in [-0.2, -0.15) is 4.98 Å². The summed E-state index contributed by atoms with van der Waals surface area (Å²) in [6.45, 7) is 0.488. The van der Waals surface area contributed by atoms with Crippen molar-refractivity contribution in [1.29, 1.82) is 0 Å². The number of fused-ring (bicyclic) bond motifs is 1. The summed E-state index contributed by atoms with van der Waals surface area (Å²) in [4.78, 5) is 16.6. The average molecular weight is 349 g/mol. The first-order chi connectivity index (χ1) is 12.8. The number of aryl methyl sites for hydroxylation is 1. The molecule has 1 atom stereocenters. The van der Waals surface area contributed by atoms with Gasteiger partial charge in [0.25, 0.3) is 0 Å². The number of nitrogens with zero attached hydrogens (tertiary/aromatic N) is 2. The van der Waals surface area contributed by atoms with Crippen LogP contribution in [0.15, 0.2) is 59.1 Å². The molecule has 1 aliphatic rings. The van der Waals surface area contributed by atoms with Crippen molar-refractivity contribution in [2.45, 2.75) is 25.3 Å². The maximum atomic E-state index is 12.2. The second kappa shape index (κ2) is 7.39. The number of aromatic nitrogens is 2. The van der Waals surface area contributed by atoms with E-state index in [4.69, 9.17) is 9.26 Å². The molecular weight excluding hydrogens is 330 g/mol. The Balaban J connectivity index is 1.29. The summed E-state index contributed by atoms with van der Waals surface area (Å²) in [5, 5.41) is 6.98. The number of hydrogen-bond acceptors (Lipinski definition) is 5. The van der Waals surface area contributed by atoms with Gasteiger partial charge < -0.3 is 14.6 Å². The molecule has 2 heterocycles. The van der Waals surface area contributed by atoms with Crippen molar-refractivity contribution in [2.75, 3.05) is 6.61 Å². The van der Waals surface area contributed by atoms with E-state index in [1.54, 1.807) is 0 Å². The summed E-state index contributed by atoms with van der Waals surface area (Å²) >= 11 is 0. The number of nitrogens with one attached hydrogen (secondary N) is 1. The van der Waals surface area contributed by atoms with Crippen molar-refractivity contribution < 1.29 is 14.1 Å². The van der Waals surface area contributed by atoms with E-state index in [1.165, 1.54) is 0 Å². The largest absolute Gasteiger partial charge is 0.491 e. The highest BCUT2D eigenvalue weighted by atomic mass is 16.5. The summed E-state index contributed by atoms with van der Waals surface area (Å²) in [7, 11) is 0. The molecule has 0 saturated carbocycles. The van der Waals surface area contributed by atoms with E-state index in [9.17, 15) is 4.79 Å². The predicted octanol–water partition coefficient (Wildman–Crippen LogP) is 2.79. The first-order valence-corrected chi connectivity index (χ1v) is 8.66. The van der Waals surface area contributed by atoms with E-state index < -0.39 is 0 Å². The van der Waals surface area contributed by atoms with Crippen molar-refractivity contribution in [3.63, 3.8) is 0 Å². The molecule has 6 nitrogen and oxygen atoms in total. The van der Waals surface area contributed by atoms with Crippen molar-refractivity contribution >= 4 is 5.91 Å². The van der Waals surface area contributed by atoms with Crippen LogP contribution < -0.4 is 10.1 Å². The lowest BCUT2D eigenvalue weighted by Gasteiger charge is -2.25. The smallest absolute Gasteiger partial charge is 0.227 e. The van der Waals surface area contributed by atoms with E-state index in [0.717, 1.165) is 23.3 Å². The highest BCUT2D eigenvalue weighted by Crippen LogP contribution is 2.24. The van der Waals surface area contributed by atoms with Crippen LogP contribution in [0.3, 0.4) is 0 Å². The number of carbonyl (C=O) groups excluding carboxylic acids is 1. The molecular formula is C20H19N3O3. The van der Waals surface area contributed by atoms with Gasteiger partial charge in [-0.05, 0) is 18.1 Å². The highest BCUT2D eigenvalue weighted by molar-refractivity contribution is 5.76. The summed E-state index contributed by atoms with van der Waals surface area (Å²) in [5.41, 5.74) is 2.01. The van der Waals surface area contributed by atoms with Crippen LogP contribution >= 0.6 is 0 Å². The van der Waals surface area contributed by atoms with Crippen LogP contribution in [-0.2, 0) is 17.6 Å². The molecule has 0 bridgehead atoms. The van der Waals surface area contributed by atoms with Gasteiger partial charge in [-0.1, -0.05) is 53.7 Å². The third kappa shape index (κ3) is 3.74. The quantitative estimate of drug-likeness (QED) is 0.766. The van der Waals surface area contributed by atoms with E-state index in [1.807, 2.05) is 54.6 Å². The molecule has 4 rings (SSSR count). The molecule has 0 saturated heterocycles. The molecule has 1 N–H and O–H groups in total. The van der Waals surface area contributed by atoms with Gasteiger partial charge in [0, 0.05) is 18.4 Å². The molecule has 0 radical (unpaired) electrons. The minimum atomic E-state index is -0.0440. The number of carbonyl (C=O) groups is 1. The van der Waals surface area contributed by atoms with Gasteiger partial charge in [-0.3, -0.25) is 4.79 Å². The topological polar surface area (TPSA) is 77.2 Å². The van der Waals surface area contributed by atoms with Gasteiger partial charge >= 0.3 is 0 Å². The Morgan fingerprint density at radius 2 is 1.92 bits per heavy atom. The summed E-state index contributed by atoms with van der Waals surface area (Å²) in [6.07, 6.45) is 1.49. The van der Waals surface area contributed by atoms with Gasteiger partial charge in [0.05, 0.1) is 6.04 Å². The summed E-state index contributed by atoms with van der Waals surface area (Å²) in [5.74, 6) is 1.86. The average Bonchev–Trinajstić information content (AvgIpc) is 3.16. The first kappa shape index (κ1) is 16.3. The van der Waals surface area contributed by atoms with Gasteiger partial charge in [-0.25, -0.2) is 0 Å². The monoisotopic (exact) mass is 349 g/mol. The minimum Gasteiger partial charge on any atom is -0.491 e. The first-order valence-electron chi connectivity index (χ1n) is 8.66. The van der Waals surface area contributed by atoms with E-state index in [0.29, 0.717) is 31.2 Å². The zero-order valence-electron chi connectivity index (χ0n) is 14.2. The van der Waals surface area contributed by atoms with Crippen molar-refractivity contribution in [2.24, 2.45) is 0 Å². The second-order valence-electron chi connectivity index (χ2n) is 6.27. The van der Waals surface area contributed by atoms with Crippen LogP contribution in [0.2, 0.25) is 0 Å². The van der Waals surface area contributed by atoms with Crippen LogP contribution in [0.5, 0.6) is 5.75 Å². The third-order valence-corrected chi connectivity index (χ3v) is 4.31. The van der Waals surface area contributed by atoms with Crippen molar-refractivity contribution in [3.05, 3.63) is 66.1 Å². The maximum absolute atomic E-state index is 12.2. The van der Waals surface area contributed by atoms with Gasteiger partial charge in [-0.15, -0.1) is 0 Å². The van der Waals surface area contributed by atoms with E-state index >= 15 is 0 Å². The van der Waals surface area contributed by atoms with Crippen LogP contribution in [0.4, 0.5) is 0 Å². The second-order valence-corrected chi connectivity index (χ2v) is 6.27. The number of ether oxygens (including phenoxy) is 1. The van der Waals surface area contributed by atoms with E-state index in [-0.39, 0.29) is 11.9 Å². The Labute approximate surface area is 151 Å². The predicted molar refractivity (Wildman–Crippen MR) is 95.6 cm³/mol. The zero-order valence-corrected chi connectivity index (χ0v) is 14.2. The standard InChI is InChI=1S/C20H19N3O3/c24-18(21-16-12-15-8-4-5-9-17(15)25-13-16)10-11-19-22-20(23-26-19)14-6-2-1-3-7-14/h1-9,16H,10-13H2,(H,21,24)/t16-/m0/s1. The molecule has 0 unspecified atom stereocenters. The Kier molecular flexibility index (Phi) is 4.64. The number of hydrogen-bond donors (Lipinski definition) is 1. The Hall–Kier alpha value is -3.15. The van der Waals surface area contributed by atoms with Gasteiger partial charge in [0.2, 0.25) is 17.6 Å². The number of amides is 1. The SMILES string of the molecule is O=C(CCc1nc(-c2ccccc2)no1)N[C@@H]1COc2ccccc2C1. The Morgan fingerprint density at radius 1 is 1.12 bits per heavy atom. The van der Waals surface area contributed by atoms with Gasteiger partial charge in [0.1, 0.15) is 12.4 Å². The van der Waals surface area contributed by atoms with Crippen molar-refractivity contribution in [3.8, 4) is 17.1 Å². The number of para-hydroxylation sites is 1. The summed E-state index contributed by atoms with van der Waals surface area (Å²) in [6, 6.07) is 17.5. The zero-order chi connectivity index (χ0) is 17.8. The lowest BCUT2D eigenvalue weighted by Crippen LogP contribution is -2.42. The fourth-order valence-corrected chi connectivity index (χ4v) is 3.00. The molecule has 0 fully saturated rings. The molecule has 0 spiro atoms. The van der Waals surface area contributed by atoms with Crippen LogP contribution in [0, 0.1) is 0 Å². The van der Waals surface area contributed by atoms with Crippen LogP contribution in [0.25, 0.3) is 11.4 Å². The lowest BCUT2D eigenvalue weighted by atomic mass is 10.0. The Bertz CT molecular complexity index is 892. The fraction of sp³-hybridized carbons (Fsp3) is 0.250.